The minimum Gasteiger partial charge on any atom is -0.483 e. The van der Waals surface area contributed by atoms with Gasteiger partial charge in [0, 0.05) is 13.2 Å². The van der Waals surface area contributed by atoms with Gasteiger partial charge in [0.1, 0.15) is 5.75 Å². The summed E-state index contributed by atoms with van der Waals surface area (Å²) in [6.07, 6.45) is 2.28. The van der Waals surface area contributed by atoms with Crippen molar-refractivity contribution in [2.45, 2.75) is 39.7 Å². The summed E-state index contributed by atoms with van der Waals surface area (Å²) in [5, 5.41) is 2.85. The fourth-order valence-electron chi connectivity index (χ4n) is 2.32. The molecular weight excluding hydrogens is 254 g/mol. The Labute approximate surface area is 120 Å². The maximum absolute atomic E-state index is 11.7. The first-order valence-electron chi connectivity index (χ1n) is 7.15. The van der Waals surface area contributed by atoms with E-state index in [1.165, 1.54) is 11.1 Å². The lowest BCUT2D eigenvalue weighted by molar-refractivity contribution is -0.123. The largest absolute Gasteiger partial charge is 0.483 e. The number of nitrogens with one attached hydrogen (secondary N) is 1. The Balaban J connectivity index is 1.79. The second-order valence-electron chi connectivity index (χ2n) is 5.43. The van der Waals surface area contributed by atoms with E-state index in [0.29, 0.717) is 6.54 Å². The predicted molar refractivity (Wildman–Crippen MR) is 78.1 cm³/mol. The molecule has 4 nitrogen and oxygen atoms in total. The van der Waals surface area contributed by atoms with E-state index in [1.54, 1.807) is 0 Å². The monoisotopic (exact) mass is 277 g/mol. The summed E-state index contributed by atoms with van der Waals surface area (Å²) in [4.78, 5) is 11.7. The highest BCUT2D eigenvalue weighted by atomic mass is 16.5. The number of benzene rings is 1. The van der Waals surface area contributed by atoms with Crippen molar-refractivity contribution in [3.63, 3.8) is 0 Å². The summed E-state index contributed by atoms with van der Waals surface area (Å²) in [7, 11) is 0. The molecule has 1 atom stereocenters. The lowest BCUT2D eigenvalue weighted by Gasteiger charge is -2.13. The Kier molecular flexibility index (Phi) is 5.01. The number of carbonyl (C=O) groups is 1. The van der Waals surface area contributed by atoms with Gasteiger partial charge in [-0.1, -0.05) is 6.07 Å². The molecule has 1 N–H and O–H groups in total. The van der Waals surface area contributed by atoms with E-state index < -0.39 is 0 Å². The normalized spacial score (nSPS) is 18.1. The molecule has 0 bridgehead atoms. The van der Waals surface area contributed by atoms with Gasteiger partial charge in [-0.3, -0.25) is 4.79 Å². The minimum atomic E-state index is -0.0990. The van der Waals surface area contributed by atoms with Crippen molar-refractivity contribution in [3.8, 4) is 5.75 Å². The van der Waals surface area contributed by atoms with Crippen LogP contribution in [0, 0.1) is 20.8 Å². The quantitative estimate of drug-likeness (QED) is 0.898. The van der Waals surface area contributed by atoms with Gasteiger partial charge in [0.25, 0.3) is 5.91 Å². The van der Waals surface area contributed by atoms with Crippen LogP contribution < -0.4 is 10.1 Å². The molecule has 20 heavy (non-hydrogen) atoms. The van der Waals surface area contributed by atoms with Gasteiger partial charge in [0.2, 0.25) is 0 Å². The van der Waals surface area contributed by atoms with Crippen LogP contribution in [0.1, 0.15) is 29.5 Å². The van der Waals surface area contributed by atoms with Crippen molar-refractivity contribution in [2.75, 3.05) is 19.8 Å². The van der Waals surface area contributed by atoms with Crippen molar-refractivity contribution >= 4 is 5.91 Å². The molecule has 4 heteroatoms. The number of aryl methyl sites for hydroxylation is 3. The molecule has 0 spiro atoms. The summed E-state index contributed by atoms with van der Waals surface area (Å²) < 4.78 is 11.1. The number of hydrogen-bond donors (Lipinski definition) is 1. The van der Waals surface area contributed by atoms with Crippen molar-refractivity contribution in [1.29, 1.82) is 0 Å². The van der Waals surface area contributed by atoms with Gasteiger partial charge in [-0.05, 0) is 56.4 Å². The van der Waals surface area contributed by atoms with Crippen LogP contribution in [0.2, 0.25) is 0 Å². The number of hydrogen-bond acceptors (Lipinski definition) is 3. The van der Waals surface area contributed by atoms with E-state index in [2.05, 4.69) is 18.3 Å². The molecule has 1 unspecified atom stereocenters. The van der Waals surface area contributed by atoms with Crippen LogP contribution in [0.15, 0.2) is 12.1 Å². The number of carbonyl (C=O) groups excluding carboxylic acids is 1. The molecule has 1 aromatic carbocycles. The fourth-order valence-corrected chi connectivity index (χ4v) is 2.32. The van der Waals surface area contributed by atoms with Crippen LogP contribution >= 0.6 is 0 Å². The minimum absolute atomic E-state index is 0.0516. The highest BCUT2D eigenvalue weighted by Gasteiger charge is 2.16. The molecule has 0 radical (unpaired) electrons. The molecule has 1 heterocycles. The third kappa shape index (κ3) is 3.97. The Bertz CT molecular complexity index is 479. The third-order valence-corrected chi connectivity index (χ3v) is 3.70. The Morgan fingerprint density at radius 2 is 2.05 bits per heavy atom. The Morgan fingerprint density at radius 3 is 2.75 bits per heavy atom. The average molecular weight is 277 g/mol. The van der Waals surface area contributed by atoms with E-state index in [4.69, 9.17) is 9.47 Å². The molecular formula is C16H23NO3. The van der Waals surface area contributed by atoms with Gasteiger partial charge in [-0.15, -0.1) is 0 Å². The van der Waals surface area contributed by atoms with Crippen LogP contribution in [0.5, 0.6) is 5.75 Å². The van der Waals surface area contributed by atoms with E-state index in [9.17, 15) is 4.79 Å². The summed E-state index contributed by atoms with van der Waals surface area (Å²) in [6, 6.07) is 4.06. The first-order valence-corrected chi connectivity index (χ1v) is 7.15. The lowest BCUT2D eigenvalue weighted by atomic mass is 10.1. The third-order valence-electron chi connectivity index (χ3n) is 3.70. The maximum atomic E-state index is 11.7. The molecule has 0 aromatic heterocycles. The topological polar surface area (TPSA) is 47.6 Å². The van der Waals surface area contributed by atoms with Crippen LogP contribution in [0.4, 0.5) is 0 Å². The number of amides is 1. The van der Waals surface area contributed by atoms with Crippen molar-refractivity contribution in [3.05, 3.63) is 28.8 Å². The predicted octanol–water partition coefficient (Wildman–Crippen LogP) is 2.29. The molecule has 1 saturated heterocycles. The zero-order valence-electron chi connectivity index (χ0n) is 12.5. The molecule has 2 rings (SSSR count). The molecule has 0 aliphatic carbocycles. The number of ether oxygens (including phenoxy) is 2. The van der Waals surface area contributed by atoms with E-state index in [-0.39, 0.29) is 18.6 Å². The van der Waals surface area contributed by atoms with Crippen LogP contribution in [-0.4, -0.2) is 31.8 Å². The van der Waals surface area contributed by atoms with E-state index in [0.717, 1.165) is 30.8 Å². The first kappa shape index (κ1) is 14.9. The van der Waals surface area contributed by atoms with Gasteiger partial charge in [0.15, 0.2) is 6.61 Å². The van der Waals surface area contributed by atoms with Crippen LogP contribution in [-0.2, 0) is 9.53 Å². The maximum Gasteiger partial charge on any atom is 0.258 e. The second kappa shape index (κ2) is 6.75. The zero-order chi connectivity index (χ0) is 14.5. The molecule has 0 saturated carbocycles. The van der Waals surface area contributed by atoms with E-state index in [1.807, 2.05) is 19.9 Å². The van der Waals surface area contributed by atoms with Gasteiger partial charge >= 0.3 is 0 Å². The standard InChI is InChI=1S/C16H23NO3/c1-11-7-13(3)15(8-12(11)2)20-10-16(18)17-9-14-5-4-6-19-14/h7-8,14H,4-6,9-10H2,1-3H3,(H,17,18). The molecule has 1 aliphatic heterocycles. The fraction of sp³-hybridized carbons (Fsp3) is 0.562. The summed E-state index contributed by atoms with van der Waals surface area (Å²) >= 11 is 0. The van der Waals surface area contributed by atoms with Gasteiger partial charge in [-0.2, -0.15) is 0 Å². The van der Waals surface area contributed by atoms with Crippen molar-refractivity contribution in [2.24, 2.45) is 0 Å². The average Bonchev–Trinajstić information content (AvgIpc) is 2.92. The molecule has 110 valence electrons. The summed E-state index contributed by atoms with van der Waals surface area (Å²) in [5.74, 6) is 0.679. The van der Waals surface area contributed by atoms with Crippen molar-refractivity contribution < 1.29 is 14.3 Å². The summed E-state index contributed by atoms with van der Waals surface area (Å²) in [5.41, 5.74) is 3.46. The lowest BCUT2D eigenvalue weighted by Crippen LogP contribution is -2.35. The molecule has 1 amide bonds. The SMILES string of the molecule is Cc1cc(C)c(OCC(=O)NCC2CCCO2)cc1C. The Hall–Kier alpha value is -1.55. The zero-order valence-corrected chi connectivity index (χ0v) is 12.5. The van der Waals surface area contributed by atoms with Crippen molar-refractivity contribution in [1.82, 2.24) is 5.32 Å². The highest BCUT2D eigenvalue weighted by molar-refractivity contribution is 5.77. The molecule has 1 fully saturated rings. The van der Waals surface area contributed by atoms with Crippen LogP contribution in [0.3, 0.4) is 0 Å². The van der Waals surface area contributed by atoms with Gasteiger partial charge in [-0.25, -0.2) is 0 Å². The van der Waals surface area contributed by atoms with Gasteiger partial charge in [0.05, 0.1) is 6.10 Å². The smallest absolute Gasteiger partial charge is 0.258 e. The van der Waals surface area contributed by atoms with Gasteiger partial charge < -0.3 is 14.8 Å². The molecule has 1 aromatic rings. The van der Waals surface area contributed by atoms with Crippen LogP contribution in [0.25, 0.3) is 0 Å². The molecule has 1 aliphatic rings. The highest BCUT2D eigenvalue weighted by Crippen LogP contribution is 2.22. The first-order chi connectivity index (χ1) is 9.56. The summed E-state index contributed by atoms with van der Waals surface area (Å²) in [6.45, 7) is 7.54. The second-order valence-corrected chi connectivity index (χ2v) is 5.43. The van der Waals surface area contributed by atoms with E-state index >= 15 is 0 Å². The Morgan fingerprint density at radius 1 is 1.30 bits per heavy atom. The number of rotatable bonds is 5.